The van der Waals surface area contributed by atoms with Gasteiger partial charge in [-0.3, -0.25) is 0 Å². The Labute approximate surface area is 174 Å². The summed E-state index contributed by atoms with van der Waals surface area (Å²) in [5.41, 5.74) is 4.68. The Kier molecular flexibility index (Phi) is 5.77. The van der Waals surface area contributed by atoms with Crippen molar-refractivity contribution in [3.63, 3.8) is 0 Å². The number of halogens is 2. The Balaban J connectivity index is 1.58. The van der Waals surface area contributed by atoms with E-state index in [1.807, 2.05) is 41.3 Å². The minimum absolute atomic E-state index is 0.0194. The van der Waals surface area contributed by atoms with Gasteiger partial charge in [0.2, 0.25) is 0 Å². The van der Waals surface area contributed by atoms with E-state index in [-0.39, 0.29) is 18.8 Å². The Hall–Kier alpha value is -3.25. The molecular weight excluding hydrogens is 386 g/mol. The van der Waals surface area contributed by atoms with Gasteiger partial charge in [0.25, 0.3) is 0 Å². The van der Waals surface area contributed by atoms with Gasteiger partial charge in [-0.2, -0.15) is 0 Å². The molecule has 3 aromatic rings. The van der Waals surface area contributed by atoms with Crippen LogP contribution in [0.15, 0.2) is 59.6 Å². The minimum atomic E-state index is -0.623. The van der Waals surface area contributed by atoms with E-state index in [0.29, 0.717) is 12.3 Å². The normalized spacial score (nSPS) is 12.7. The molecular formula is C24H22F2N2O2. The second kappa shape index (κ2) is 8.63. The minimum Gasteiger partial charge on any atom is -0.489 e. The summed E-state index contributed by atoms with van der Waals surface area (Å²) in [6, 6.07) is 15.2. The van der Waals surface area contributed by atoms with Crippen molar-refractivity contribution in [1.29, 1.82) is 0 Å². The number of benzene rings is 3. The van der Waals surface area contributed by atoms with Crippen LogP contribution in [-0.4, -0.2) is 11.4 Å². The molecule has 4 rings (SSSR count). The third-order valence-corrected chi connectivity index (χ3v) is 5.20. The maximum absolute atomic E-state index is 13.9. The summed E-state index contributed by atoms with van der Waals surface area (Å²) < 4.78 is 33.5. The first-order valence-electron chi connectivity index (χ1n) is 9.81. The molecule has 4 nitrogen and oxygen atoms in total. The van der Waals surface area contributed by atoms with Crippen molar-refractivity contribution >= 4 is 17.7 Å². The third kappa shape index (κ3) is 4.04. The lowest BCUT2D eigenvalue weighted by Gasteiger charge is -2.27. The molecule has 30 heavy (non-hydrogen) atoms. The van der Waals surface area contributed by atoms with Crippen molar-refractivity contribution in [2.24, 2.45) is 4.99 Å². The second-order valence-corrected chi connectivity index (χ2v) is 7.13. The number of aliphatic hydroxyl groups excluding tert-OH is 1. The predicted octanol–water partition coefficient (Wildman–Crippen LogP) is 5.28. The fourth-order valence-corrected chi connectivity index (χ4v) is 3.49. The van der Waals surface area contributed by atoms with Gasteiger partial charge in [0.1, 0.15) is 24.0 Å². The third-order valence-electron chi connectivity index (χ3n) is 5.20. The molecule has 1 heterocycles. The average molecular weight is 408 g/mol. The monoisotopic (exact) mass is 408 g/mol. The summed E-state index contributed by atoms with van der Waals surface area (Å²) in [7, 11) is 0. The fourth-order valence-electron chi connectivity index (χ4n) is 3.49. The van der Waals surface area contributed by atoms with Crippen LogP contribution >= 0.6 is 0 Å². The van der Waals surface area contributed by atoms with E-state index < -0.39 is 11.6 Å². The molecule has 0 aromatic heterocycles. The van der Waals surface area contributed by atoms with Crippen LogP contribution in [0.4, 0.5) is 20.2 Å². The lowest BCUT2D eigenvalue weighted by atomic mass is 10.1. The summed E-state index contributed by atoms with van der Waals surface area (Å²) in [6.07, 6.45) is 2.58. The summed E-state index contributed by atoms with van der Waals surface area (Å²) >= 11 is 0. The lowest BCUT2D eigenvalue weighted by Crippen LogP contribution is -2.24. The highest BCUT2D eigenvalue weighted by atomic mass is 19.1. The number of rotatable bonds is 6. The quantitative estimate of drug-likeness (QED) is 0.604. The zero-order valence-corrected chi connectivity index (χ0v) is 16.6. The van der Waals surface area contributed by atoms with E-state index in [1.54, 1.807) is 6.34 Å². The van der Waals surface area contributed by atoms with Crippen LogP contribution in [0.2, 0.25) is 0 Å². The molecule has 0 bridgehead atoms. The maximum atomic E-state index is 13.9. The molecule has 0 saturated heterocycles. The molecule has 0 aliphatic carbocycles. The maximum Gasteiger partial charge on any atom is 0.132 e. The van der Waals surface area contributed by atoms with E-state index >= 15 is 0 Å². The molecule has 0 spiro atoms. The topological polar surface area (TPSA) is 45.1 Å². The molecule has 0 saturated carbocycles. The van der Waals surface area contributed by atoms with Gasteiger partial charge in [-0.1, -0.05) is 31.2 Å². The molecule has 3 aromatic carbocycles. The van der Waals surface area contributed by atoms with Crippen LogP contribution in [0.25, 0.3) is 0 Å². The first kappa shape index (κ1) is 20.0. The van der Waals surface area contributed by atoms with Crippen LogP contribution in [0.5, 0.6) is 5.75 Å². The molecule has 0 fully saturated rings. The van der Waals surface area contributed by atoms with Crippen molar-refractivity contribution in [1.82, 2.24) is 0 Å². The van der Waals surface area contributed by atoms with Gasteiger partial charge in [0.15, 0.2) is 0 Å². The van der Waals surface area contributed by atoms with Crippen LogP contribution in [-0.2, 0) is 26.2 Å². The number of aliphatic hydroxyl groups is 1. The number of nitrogens with zero attached hydrogens (tertiary/aromatic N) is 2. The molecule has 0 unspecified atom stereocenters. The Morgan fingerprint density at radius 1 is 1.07 bits per heavy atom. The Bertz CT molecular complexity index is 1080. The average Bonchev–Trinajstić information content (AvgIpc) is 2.78. The van der Waals surface area contributed by atoms with Crippen molar-refractivity contribution in [3.8, 4) is 5.75 Å². The molecule has 0 atom stereocenters. The van der Waals surface area contributed by atoms with Gasteiger partial charge in [0, 0.05) is 11.8 Å². The van der Waals surface area contributed by atoms with Crippen LogP contribution in [0.1, 0.15) is 29.2 Å². The van der Waals surface area contributed by atoms with Crippen molar-refractivity contribution in [2.45, 2.75) is 33.1 Å². The number of hydrogen-bond donors (Lipinski definition) is 1. The van der Waals surface area contributed by atoms with E-state index in [9.17, 15) is 13.9 Å². The summed E-state index contributed by atoms with van der Waals surface area (Å²) in [5.74, 6) is -0.718. The first-order chi connectivity index (χ1) is 14.6. The highest BCUT2D eigenvalue weighted by Crippen LogP contribution is 2.33. The van der Waals surface area contributed by atoms with Crippen molar-refractivity contribution < 1.29 is 18.6 Å². The van der Waals surface area contributed by atoms with Crippen LogP contribution < -0.4 is 9.64 Å². The second-order valence-electron chi connectivity index (χ2n) is 7.13. The largest absolute Gasteiger partial charge is 0.489 e. The summed E-state index contributed by atoms with van der Waals surface area (Å²) in [6.45, 7) is 2.48. The Morgan fingerprint density at radius 3 is 2.60 bits per heavy atom. The number of hydrogen-bond acceptors (Lipinski definition) is 4. The number of aliphatic imine (C=N–C) groups is 1. The summed E-state index contributed by atoms with van der Waals surface area (Å²) in [5, 5.41) is 9.31. The first-order valence-corrected chi connectivity index (χ1v) is 9.81. The van der Waals surface area contributed by atoms with E-state index in [0.717, 1.165) is 34.5 Å². The Morgan fingerprint density at radius 2 is 1.87 bits per heavy atom. The van der Waals surface area contributed by atoms with Gasteiger partial charge in [-0.15, -0.1) is 0 Å². The van der Waals surface area contributed by atoms with Crippen molar-refractivity contribution in [3.05, 3.63) is 88.5 Å². The zero-order chi connectivity index (χ0) is 21.1. The van der Waals surface area contributed by atoms with Gasteiger partial charge in [-0.25, -0.2) is 13.8 Å². The molecule has 1 aliphatic heterocycles. The summed E-state index contributed by atoms with van der Waals surface area (Å²) in [4.78, 5) is 6.56. The molecule has 6 heteroatoms. The van der Waals surface area contributed by atoms with E-state index in [2.05, 4.69) is 11.9 Å². The van der Waals surface area contributed by atoms with Gasteiger partial charge >= 0.3 is 0 Å². The highest BCUT2D eigenvalue weighted by Gasteiger charge is 2.17. The van der Waals surface area contributed by atoms with Gasteiger partial charge < -0.3 is 14.7 Å². The molecule has 1 N–H and O–H groups in total. The van der Waals surface area contributed by atoms with Gasteiger partial charge in [0.05, 0.1) is 30.7 Å². The molecule has 1 aliphatic rings. The number of ether oxygens (including phenoxy) is 1. The smallest absolute Gasteiger partial charge is 0.132 e. The predicted molar refractivity (Wildman–Crippen MR) is 113 cm³/mol. The number of anilines is 1. The highest BCUT2D eigenvalue weighted by molar-refractivity contribution is 5.85. The molecule has 154 valence electrons. The number of fused-ring (bicyclic) bond motifs is 1. The van der Waals surface area contributed by atoms with E-state index in [1.165, 1.54) is 18.2 Å². The van der Waals surface area contributed by atoms with Crippen LogP contribution in [0.3, 0.4) is 0 Å². The standard InChI is InChI=1S/C24H22F2N2O2/c1-2-17-8-9-19(30-14-20-21(25)4-3-5-22(20)26)11-24(17)28-12-18-7-6-16(13-29)10-23(18)27-15-28/h3-11,15,29H,2,12-14H2,1H3. The van der Waals surface area contributed by atoms with Crippen molar-refractivity contribution in [2.75, 3.05) is 4.90 Å². The SMILES string of the molecule is CCc1ccc(OCc2c(F)cccc2F)cc1N1C=Nc2cc(CO)ccc2C1. The van der Waals surface area contributed by atoms with Gasteiger partial charge in [-0.05, 0) is 47.4 Å². The fraction of sp³-hybridized carbons (Fsp3) is 0.208. The molecule has 0 radical (unpaired) electrons. The molecule has 0 amide bonds. The zero-order valence-electron chi connectivity index (χ0n) is 16.6. The lowest BCUT2D eigenvalue weighted by molar-refractivity contribution is 0.282. The number of aryl methyl sites for hydroxylation is 1. The van der Waals surface area contributed by atoms with E-state index in [4.69, 9.17) is 4.74 Å². The van der Waals surface area contributed by atoms with Crippen LogP contribution in [0, 0.1) is 11.6 Å².